The van der Waals surface area contributed by atoms with E-state index in [0.29, 0.717) is 12.0 Å². The lowest BCUT2D eigenvalue weighted by Crippen LogP contribution is -2.35. The molecule has 0 spiro atoms. The van der Waals surface area contributed by atoms with Crippen LogP contribution in [0.4, 0.5) is 0 Å². The normalized spacial score (nSPS) is 18.1. The van der Waals surface area contributed by atoms with Gasteiger partial charge in [-0.15, -0.1) is 11.3 Å². The molecule has 1 aliphatic carbocycles. The maximum atomic E-state index is 5.26. The monoisotopic (exact) mass is 268 g/mol. The number of aromatic nitrogens is 1. The maximum absolute atomic E-state index is 5.26. The number of nitrogens with one attached hydrogen (secondary N) is 1. The van der Waals surface area contributed by atoms with Crippen LogP contribution in [0.25, 0.3) is 0 Å². The number of methoxy groups -OCH3 is 1. The summed E-state index contributed by atoms with van der Waals surface area (Å²) in [7, 11) is 1.73. The fraction of sp³-hybridized carbons (Fsp3) is 0.786. The van der Waals surface area contributed by atoms with Crippen molar-refractivity contribution in [1.29, 1.82) is 0 Å². The second-order valence-electron chi connectivity index (χ2n) is 6.49. The van der Waals surface area contributed by atoms with Gasteiger partial charge in [0.1, 0.15) is 0 Å². The van der Waals surface area contributed by atoms with Gasteiger partial charge in [-0.05, 0) is 33.6 Å². The van der Waals surface area contributed by atoms with Gasteiger partial charge in [-0.3, -0.25) is 0 Å². The predicted octanol–water partition coefficient (Wildman–Crippen LogP) is 3.23. The van der Waals surface area contributed by atoms with Crippen molar-refractivity contribution in [3.8, 4) is 0 Å². The van der Waals surface area contributed by atoms with Gasteiger partial charge in [0.2, 0.25) is 0 Å². The van der Waals surface area contributed by atoms with Crippen LogP contribution in [0.1, 0.15) is 56.1 Å². The van der Waals surface area contributed by atoms with Gasteiger partial charge in [-0.1, -0.05) is 6.92 Å². The molecule has 1 heterocycles. The van der Waals surface area contributed by atoms with E-state index in [1.165, 1.54) is 22.7 Å². The number of thiazole rings is 1. The average Bonchev–Trinajstić information content (AvgIpc) is 2.88. The minimum atomic E-state index is 0.137. The second-order valence-corrected chi connectivity index (χ2v) is 7.57. The predicted molar refractivity (Wildman–Crippen MR) is 76.0 cm³/mol. The minimum Gasteiger partial charge on any atom is -0.378 e. The summed E-state index contributed by atoms with van der Waals surface area (Å²) in [4.78, 5) is 6.12. The SMILES string of the molecule is COCc1nc(C2(C)CC2)sc1CNC(C)(C)C. The molecule has 2 rings (SSSR count). The highest BCUT2D eigenvalue weighted by Crippen LogP contribution is 2.49. The average molecular weight is 268 g/mol. The van der Waals surface area contributed by atoms with E-state index in [9.17, 15) is 0 Å². The number of nitrogens with zero attached hydrogens (tertiary/aromatic N) is 1. The summed E-state index contributed by atoms with van der Waals surface area (Å²) in [6.07, 6.45) is 2.55. The van der Waals surface area contributed by atoms with Crippen LogP contribution < -0.4 is 5.32 Å². The Bertz CT molecular complexity index is 416. The smallest absolute Gasteiger partial charge is 0.0991 e. The first kappa shape index (κ1) is 14.0. The van der Waals surface area contributed by atoms with Crippen molar-refractivity contribution in [3.05, 3.63) is 15.6 Å². The summed E-state index contributed by atoms with van der Waals surface area (Å²) in [5.74, 6) is 0. The molecule has 1 saturated carbocycles. The van der Waals surface area contributed by atoms with Crippen LogP contribution in [-0.2, 0) is 23.3 Å². The lowest BCUT2D eigenvalue weighted by molar-refractivity contribution is 0.181. The van der Waals surface area contributed by atoms with Gasteiger partial charge >= 0.3 is 0 Å². The Kier molecular flexibility index (Phi) is 3.81. The number of hydrogen-bond donors (Lipinski definition) is 1. The number of rotatable bonds is 5. The molecule has 0 amide bonds. The fourth-order valence-electron chi connectivity index (χ4n) is 1.78. The molecular weight excluding hydrogens is 244 g/mol. The molecule has 0 aliphatic heterocycles. The zero-order valence-electron chi connectivity index (χ0n) is 12.1. The van der Waals surface area contributed by atoms with Crippen molar-refractivity contribution in [1.82, 2.24) is 10.3 Å². The lowest BCUT2D eigenvalue weighted by atomic mass is 10.1. The van der Waals surface area contributed by atoms with E-state index in [1.54, 1.807) is 7.11 Å². The van der Waals surface area contributed by atoms with Crippen LogP contribution in [0.5, 0.6) is 0 Å². The lowest BCUT2D eigenvalue weighted by Gasteiger charge is -2.20. The Morgan fingerprint density at radius 1 is 1.39 bits per heavy atom. The van der Waals surface area contributed by atoms with Crippen molar-refractivity contribution in [3.63, 3.8) is 0 Å². The topological polar surface area (TPSA) is 34.1 Å². The standard InChI is InChI=1S/C14H24N2OS/c1-13(2,3)15-8-11-10(9-17-5)16-12(18-11)14(4)6-7-14/h15H,6-9H2,1-5H3. The van der Waals surface area contributed by atoms with E-state index in [-0.39, 0.29) is 5.54 Å². The molecule has 3 nitrogen and oxygen atoms in total. The van der Waals surface area contributed by atoms with Crippen LogP contribution in [0.3, 0.4) is 0 Å². The highest BCUT2D eigenvalue weighted by molar-refractivity contribution is 7.12. The first-order chi connectivity index (χ1) is 8.34. The molecule has 0 aromatic carbocycles. The van der Waals surface area contributed by atoms with E-state index in [0.717, 1.165) is 12.2 Å². The molecule has 1 N–H and O–H groups in total. The van der Waals surface area contributed by atoms with Crippen molar-refractivity contribution in [2.45, 2.75) is 64.6 Å². The molecule has 1 aliphatic rings. The second kappa shape index (κ2) is 4.91. The van der Waals surface area contributed by atoms with Crippen LogP contribution >= 0.6 is 11.3 Å². The van der Waals surface area contributed by atoms with E-state index < -0.39 is 0 Å². The maximum Gasteiger partial charge on any atom is 0.0991 e. The minimum absolute atomic E-state index is 0.137. The summed E-state index contributed by atoms with van der Waals surface area (Å²) in [5, 5.41) is 4.83. The Balaban J connectivity index is 2.14. The molecular formula is C14H24N2OS. The van der Waals surface area contributed by atoms with Crippen LogP contribution in [-0.4, -0.2) is 17.6 Å². The van der Waals surface area contributed by atoms with Crippen molar-refractivity contribution >= 4 is 11.3 Å². The van der Waals surface area contributed by atoms with Gasteiger partial charge in [0.05, 0.1) is 17.3 Å². The van der Waals surface area contributed by atoms with E-state index >= 15 is 0 Å². The first-order valence-electron chi connectivity index (χ1n) is 6.57. The summed E-state index contributed by atoms with van der Waals surface area (Å²) >= 11 is 1.86. The molecule has 1 aromatic heterocycles. The van der Waals surface area contributed by atoms with Crippen molar-refractivity contribution in [2.75, 3.05) is 7.11 Å². The van der Waals surface area contributed by atoms with E-state index in [2.05, 4.69) is 33.0 Å². The van der Waals surface area contributed by atoms with Gasteiger partial charge in [-0.2, -0.15) is 0 Å². The molecule has 18 heavy (non-hydrogen) atoms. The van der Waals surface area contributed by atoms with Crippen LogP contribution in [0.15, 0.2) is 0 Å². The Morgan fingerprint density at radius 2 is 2.06 bits per heavy atom. The van der Waals surface area contributed by atoms with Crippen LogP contribution in [0.2, 0.25) is 0 Å². The Hall–Kier alpha value is -0.450. The Morgan fingerprint density at radius 3 is 2.56 bits per heavy atom. The van der Waals surface area contributed by atoms with Gasteiger partial charge < -0.3 is 10.1 Å². The highest BCUT2D eigenvalue weighted by atomic mass is 32.1. The van der Waals surface area contributed by atoms with Gasteiger partial charge in [-0.25, -0.2) is 4.98 Å². The third-order valence-corrected chi connectivity index (χ3v) is 4.76. The molecule has 4 heteroatoms. The van der Waals surface area contributed by atoms with Gasteiger partial charge in [0, 0.05) is 29.5 Å². The molecule has 1 aromatic rings. The first-order valence-corrected chi connectivity index (χ1v) is 7.39. The van der Waals surface area contributed by atoms with E-state index in [4.69, 9.17) is 9.72 Å². The number of ether oxygens (including phenoxy) is 1. The zero-order chi connectivity index (χ0) is 13.4. The largest absolute Gasteiger partial charge is 0.378 e. The highest BCUT2D eigenvalue weighted by Gasteiger charge is 2.42. The Labute approximate surface area is 114 Å². The van der Waals surface area contributed by atoms with Crippen LogP contribution in [0, 0.1) is 0 Å². The third kappa shape index (κ3) is 3.31. The van der Waals surface area contributed by atoms with E-state index in [1.807, 2.05) is 11.3 Å². The summed E-state index contributed by atoms with van der Waals surface area (Å²) < 4.78 is 5.26. The quantitative estimate of drug-likeness (QED) is 0.890. The summed E-state index contributed by atoms with van der Waals surface area (Å²) in [6, 6.07) is 0. The molecule has 102 valence electrons. The number of hydrogen-bond acceptors (Lipinski definition) is 4. The molecule has 0 radical (unpaired) electrons. The van der Waals surface area contributed by atoms with Crippen molar-refractivity contribution < 1.29 is 4.74 Å². The molecule has 0 bridgehead atoms. The zero-order valence-corrected chi connectivity index (χ0v) is 12.9. The van der Waals surface area contributed by atoms with Gasteiger partial charge in [0.25, 0.3) is 0 Å². The van der Waals surface area contributed by atoms with Crippen molar-refractivity contribution in [2.24, 2.45) is 0 Å². The third-order valence-electron chi connectivity index (χ3n) is 3.35. The van der Waals surface area contributed by atoms with Gasteiger partial charge in [0.15, 0.2) is 0 Å². The summed E-state index contributed by atoms with van der Waals surface area (Å²) in [5.41, 5.74) is 1.60. The molecule has 0 saturated heterocycles. The molecule has 0 atom stereocenters. The summed E-state index contributed by atoms with van der Waals surface area (Å²) in [6.45, 7) is 10.4. The molecule has 1 fully saturated rings. The molecule has 0 unspecified atom stereocenters. The fourth-order valence-corrected chi connectivity index (χ4v) is 2.98.